The van der Waals surface area contributed by atoms with Gasteiger partial charge in [0.05, 0.1) is 18.6 Å². The predicted octanol–water partition coefficient (Wildman–Crippen LogP) is 3.77. The van der Waals surface area contributed by atoms with Gasteiger partial charge >= 0.3 is 11.9 Å². The maximum absolute atomic E-state index is 13.3. The summed E-state index contributed by atoms with van der Waals surface area (Å²) in [5.41, 5.74) is -2.24. The molecule has 0 N–H and O–H groups in total. The van der Waals surface area contributed by atoms with E-state index in [1.165, 1.54) is 6.92 Å². The van der Waals surface area contributed by atoms with Crippen LogP contribution in [0.5, 0.6) is 0 Å². The van der Waals surface area contributed by atoms with Crippen molar-refractivity contribution in [2.45, 2.75) is 96.9 Å². The van der Waals surface area contributed by atoms with Gasteiger partial charge in [-0.05, 0) is 37.2 Å². The van der Waals surface area contributed by atoms with Crippen molar-refractivity contribution < 1.29 is 37.7 Å². The Morgan fingerprint density at radius 1 is 1.08 bits per heavy atom. The van der Waals surface area contributed by atoms with E-state index in [2.05, 4.69) is 20.8 Å². The van der Waals surface area contributed by atoms with Gasteiger partial charge in [0.15, 0.2) is 11.9 Å². The maximum Gasteiger partial charge on any atom is 0.339 e. The van der Waals surface area contributed by atoms with Crippen molar-refractivity contribution in [2.24, 2.45) is 33.5 Å². The molecule has 1 spiro atoms. The fraction of sp³-hybridized carbons (Fsp3) is 0.750. The van der Waals surface area contributed by atoms with E-state index >= 15 is 0 Å². The van der Waals surface area contributed by atoms with Crippen LogP contribution in [-0.4, -0.2) is 47.7 Å². The first kappa shape index (κ1) is 23.0. The first-order valence-electron chi connectivity index (χ1n) is 13.1. The van der Waals surface area contributed by atoms with Crippen LogP contribution in [0.25, 0.3) is 0 Å². The van der Waals surface area contributed by atoms with Crippen LogP contribution in [0.15, 0.2) is 23.0 Å². The number of furan rings is 1. The van der Waals surface area contributed by atoms with E-state index in [4.69, 9.17) is 23.4 Å². The first-order valence-corrected chi connectivity index (χ1v) is 13.1. The minimum absolute atomic E-state index is 0.0180. The Balaban J connectivity index is 1.42. The van der Waals surface area contributed by atoms with Gasteiger partial charge in [0.1, 0.15) is 23.9 Å². The highest BCUT2D eigenvalue weighted by molar-refractivity contribution is 5.93. The van der Waals surface area contributed by atoms with E-state index in [0.717, 1.165) is 18.4 Å². The molecular formula is C28H34O8. The third-order valence-electron chi connectivity index (χ3n) is 11.6. The molecule has 6 unspecified atom stereocenters. The fourth-order valence-corrected chi connectivity index (χ4v) is 10.0. The molecule has 7 rings (SSSR count). The molecule has 0 radical (unpaired) electrons. The summed E-state index contributed by atoms with van der Waals surface area (Å²) in [6, 6.07) is 1.84. The Kier molecular flexibility index (Phi) is 4.11. The molecule has 1 aromatic rings. The Labute approximate surface area is 210 Å². The van der Waals surface area contributed by atoms with Crippen LogP contribution in [0.3, 0.4) is 0 Å². The van der Waals surface area contributed by atoms with Crippen LogP contribution in [0.2, 0.25) is 0 Å². The molecule has 3 saturated carbocycles. The maximum atomic E-state index is 13.3. The monoisotopic (exact) mass is 498 g/mol. The summed E-state index contributed by atoms with van der Waals surface area (Å²) in [6.07, 6.45) is 3.01. The standard InChI is InChI=1S/C28H34O8/c1-13(29)33-17-11-16-24(2,3)19(30)18-21(34-18)26(16,5)15-7-9-25(4)20(14-8-10-32-12-14)35-23(31)22-28(25,36-22)27(15,17)6/h8,10,12,15-18,20-22H,7,9,11H2,1-6H3/t15?,16?,17-,18?,20+,21?,22?,25+,26-,27+,28?/m1/s1. The summed E-state index contributed by atoms with van der Waals surface area (Å²) >= 11 is 0. The van der Waals surface area contributed by atoms with Crippen LogP contribution < -0.4 is 0 Å². The molecule has 0 amide bonds. The van der Waals surface area contributed by atoms with Gasteiger partial charge in [0, 0.05) is 34.1 Å². The molecule has 3 saturated heterocycles. The summed E-state index contributed by atoms with van der Waals surface area (Å²) in [5, 5.41) is 0. The lowest BCUT2D eigenvalue weighted by atomic mass is 9.35. The highest BCUT2D eigenvalue weighted by Crippen LogP contribution is 2.81. The van der Waals surface area contributed by atoms with Gasteiger partial charge in [-0.1, -0.05) is 34.6 Å². The second-order valence-electron chi connectivity index (χ2n) is 13.2. The first-order chi connectivity index (χ1) is 16.8. The number of carbonyl (C=O) groups is 3. The second kappa shape index (κ2) is 6.44. The van der Waals surface area contributed by atoms with E-state index in [1.54, 1.807) is 12.5 Å². The summed E-state index contributed by atoms with van der Waals surface area (Å²) in [7, 11) is 0. The molecule has 0 bridgehead atoms. The van der Waals surface area contributed by atoms with Gasteiger partial charge in [-0.2, -0.15) is 0 Å². The van der Waals surface area contributed by atoms with Gasteiger partial charge in [0.2, 0.25) is 0 Å². The highest BCUT2D eigenvalue weighted by atomic mass is 16.7. The van der Waals surface area contributed by atoms with Crippen molar-refractivity contribution in [3.05, 3.63) is 24.2 Å². The molecule has 194 valence electrons. The van der Waals surface area contributed by atoms with Crippen molar-refractivity contribution in [2.75, 3.05) is 0 Å². The number of hydrogen-bond acceptors (Lipinski definition) is 8. The predicted molar refractivity (Wildman–Crippen MR) is 123 cm³/mol. The van der Waals surface area contributed by atoms with Crippen LogP contribution >= 0.6 is 0 Å². The topological polar surface area (TPSA) is 108 Å². The largest absolute Gasteiger partial charge is 0.472 e. The molecular weight excluding hydrogens is 464 g/mol. The second-order valence-corrected chi connectivity index (χ2v) is 13.2. The van der Waals surface area contributed by atoms with E-state index in [-0.39, 0.29) is 47.2 Å². The van der Waals surface area contributed by atoms with Crippen LogP contribution in [0.1, 0.15) is 72.5 Å². The zero-order valence-corrected chi connectivity index (χ0v) is 21.7. The lowest BCUT2D eigenvalue weighted by Gasteiger charge is -2.69. The number of rotatable bonds is 2. The molecule has 36 heavy (non-hydrogen) atoms. The zero-order chi connectivity index (χ0) is 25.6. The van der Waals surface area contributed by atoms with Gasteiger partial charge in [-0.3, -0.25) is 9.59 Å². The normalized spacial score (nSPS) is 53.6. The highest BCUT2D eigenvalue weighted by Gasteiger charge is 2.90. The summed E-state index contributed by atoms with van der Waals surface area (Å²) in [6.45, 7) is 12.0. The minimum Gasteiger partial charge on any atom is -0.472 e. The smallest absolute Gasteiger partial charge is 0.339 e. The number of Topliss-reactive ketones (excluding diaryl/α,β-unsaturated/α-hetero) is 1. The molecule has 6 aliphatic rings. The number of ketones is 1. The van der Waals surface area contributed by atoms with Crippen molar-refractivity contribution in [1.29, 1.82) is 0 Å². The quantitative estimate of drug-likeness (QED) is 0.448. The lowest BCUT2D eigenvalue weighted by Crippen LogP contribution is -2.74. The molecule has 8 nitrogen and oxygen atoms in total. The number of cyclic esters (lactones) is 1. The van der Waals surface area contributed by atoms with Gasteiger partial charge in [-0.15, -0.1) is 0 Å². The molecule has 11 atom stereocenters. The summed E-state index contributed by atoms with van der Waals surface area (Å²) < 4.78 is 30.2. The van der Waals surface area contributed by atoms with Gasteiger partial charge in [0.25, 0.3) is 0 Å². The van der Waals surface area contributed by atoms with Crippen LogP contribution in [0.4, 0.5) is 0 Å². The molecule has 1 aromatic heterocycles. The number of ether oxygens (including phenoxy) is 4. The van der Waals surface area contributed by atoms with Crippen molar-refractivity contribution in [3.8, 4) is 0 Å². The molecule has 3 aliphatic carbocycles. The Morgan fingerprint density at radius 2 is 1.83 bits per heavy atom. The third kappa shape index (κ3) is 2.25. The Bertz CT molecular complexity index is 1190. The third-order valence-corrected chi connectivity index (χ3v) is 11.6. The van der Waals surface area contributed by atoms with Gasteiger partial charge < -0.3 is 23.4 Å². The van der Waals surface area contributed by atoms with Crippen molar-refractivity contribution in [3.63, 3.8) is 0 Å². The molecule has 6 fully saturated rings. The average Bonchev–Trinajstić information content (AvgIpc) is 3.71. The number of epoxide rings is 2. The minimum atomic E-state index is -0.871. The zero-order valence-electron chi connectivity index (χ0n) is 21.7. The van der Waals surface area contributed by atoms with E-state index in [9.17, 15) is 14.4 Å². The van der Waals surface area contributed by atoms with E-state index in [0.29, 0.717) is 6.42 Å². The van der Waals surface area contributed by atoms with Crippen molar-refractivity contribution in [1.82, 2.24) is 0 Å². The summed E-state index contributed by atoms with van der Waals surface area (Å²) in [5.74, 6) is -0.615. The number of hydrogen-bond donors (Lipinski definition) is 0. The number of esters is 2. The lowest BCUT2D eigenvalue weighted by molar-refractivity contribution is -0.263. The molecule has 3 aliphatic heterocycles. The average molecular weight is 499 g/mol. The number of fused-ring (bicyclic) bond motifs is 5. The SMILES string of the molecule is CC(=O)O[C@@H]1CC2C(C)(C)C(=O)C3OC3[C@]2(C)C2CC[C@@]3(C)[C@H](c4ccoc4)OC(=O)C4OC43[C@@]21C. The summed E-state index contributed by atoms with van der Waals surface area (Å²) in [4.78, 5) is 39.1. The number of carbonyl (C=O) groups excluding carboxylic acids is 3. The molecule has 0 aromatic carbocycles. The molecule has 4 heterocycles. The van der Waals surface area contributed by atoms with Gasteiger partial charge in [-0.25, -0.2) is 4.79 Å². The van der Waals surface area contributed by atoms with E-state index in [1.807, 2.05) is 19.9 Å². The Morgan fingerprint density at radius 3 is 2.50 bits per heavy atom. The van der Waals surface area contributed by atoms with E-state index < -0.39 is 40.2 Å². The van der Waals surface area contributed by atoms with Crippen molar-refractivity contribution >= 4 is 17.7 Å². The molecule has 8 heteroatoms. The fourth-order valence-electron chi connectivity index (χ4n) is 10.0. The van der Waals surface area contributed by atoms with Crippen LogP contribution in [0, 0.1) is 33.5 Å². The Hall–Kier alpha value is -2.19. The van der Waals surface area contributed by atoms with Crippen LogP contribution in [-0.2, 0) is 33.3 Å².